The molecule has 0 bridgehead atoms. The van der Waals surface area contributed by atoms with Crippen LogP contribution in [-0.2, 0) is 0 Å². The van der Waals surface area contributed by atoms with Crippen LogP contribution in [0.2, 0.25) is 0 Å². The third-order valence-corrected chi connectivity index (χ3v) is 3.08. The Morgan fingerprint density at radius 1 is 1.29 bits per heavy atom. The highest BCUT2D eigenvalue weighted by atomic mass is 32.2. The van der Waals surface area contributed by atoms with E-state index in [1.165, 1.54) is 23.9 Å². The zero-order chi connectivity index (χ0) is 12.7. The maximum atomic E-state index is 10.4. The Balaban J connectivity index is 2.46. The molecule has 1 aromatic carbocycles. The summed E-state index contributed by atoms with van der Waals surface area (Å²) in [6.07, 6.45) is 0.495. The largest absolute Gasteiger partial charge is 0.269 e. The minimum absolute atomic E-state index is 0.0567. The first kappa shape index (κ1) is 13.0. The van der Waals surface area contributed by atoms with Gasteiger partial charge in [0.05, 0.1) is 17.1 Å². The molecule has 0 saturated carbocycles. The topological polar surface area (TPSA) is 90.7 Å². The van der Waals surface area contributed by atoms with E-state index in [2.05, 4.69) is 0 Å². The molecular weight excluding hydrogens is 238 g/mol. The molecule has 86 valence electrons. The van der Waals surface area contributed by atoms with Crippen LogP contribution in [0.5, 0.6) is 0 Å². The van der Waals surface area contributed by atoms with Crippen LogP contribution in [0.15, 0.2) is 29.2 Å². The molecule has 6 heteroatoms. The number of hydrogen-bond acceptors (Lipinski definition) is 5. The fraction of sp³-hybridized carbons (Fsp3) is 0.273. The highest BCUT2D eigenvalue weighted by Gasteiger charge is 2.07. The van der Waals surface area contributed by atoms with Gasteiger partial charge in [0, 0.05) is 22.8 Å². The van der Waals surface area contributed by atoms with Gasteiger partial charge in [-0.25, -0.2) is 0 Å². The SMILES string of the molecule is N#CC(C#N)CCSc1ccc([N+](=O)[O-])cc1. The molecular formula is C11H9N3O2S. The van der Waals surface area contributed by atoms with Gasteiger partial charge in [-0.2, -0.15) is 10.5 Å². The molecule has 0 spiro atoms. The van der Waals surface area contributed by atoms with Gasteiger partial charge in [-0.3, -0.25) is 10.1 Å². The first-order valence-electron chi connectivity index (χ1n) is 4.84. The Labute approximate surface area is 103 Å². The third-order valence-electron chi connectivity index (χ3n) is 2.03. The smallest absolute Gasteiger partial charge is 0.258 e. The lowest BCUT2D eigenvalue weighted by atomic mass is 10.1. The monoisotopic (exact) mass is 247 g/mol. The lowest BCUT2D eigenvalue weighted by Gasteiger charge is -2.01. The molecule has 0 saturated heterocycles. The van der Waals surface area contributed by atoms with E-state index in [0.717, 1.165) is 4.90 Å². The fourth-order valence-electron chi connectivity index (χ4n) is 1.12. The highest BCUT2D eigenvalue weighted by Crippen LogP contribution is 2.22. The minimum atomic E-state index is -0.583. The standard InChI is InChI=1S/C11H9N3O2S/c12-7-9(8-13)5-6-17-11-3-1-10(2-4-11)14(15)16/h1-4,9H,5-6H2. The second-order valence-electron chi connectivity index (χ2n) is 3.20. The van der Waals surface area contributed by atoms with Crippen LogP contribution in [0.4, 0.5) is 5.69 Å². The number of nitrogens with zero attached hydrogens (tertiary/aromatic N) is 3. The average molecular weight is 247 g/mol. The fourth-order valence-corrected chi connectivity index (χ4v) is 2.03. The van der Waals surface area contributed by atoms with Crippen LogP contribution < -0.4 is 0 Å². The number of nitro groups is 1. The van der Waals surface area contributed by atoms with Gasteiger partial charge in [-0.1, -0.05) is 0 Å². The molecule has 0 aliphatic heterocycles. The van der Waals surface area contributed by atoms with Crippen molar-refractivity contribution >= 4 is 17.4 Å². The predicted octanol–water partition coefficient (Wildman–Crippen LogP) is 2.74. The van der Waals surface area contributed by atoms with E-state index in [0.29, 0.717) is 12.2 Å². The van der Waals surface area contributed by atoms with E-state index in [-0.39, 0.29) is 5.69 Å². The molecule has 5 nitrogen and oxygen atoms in total. The van der Waals surface area contributed by atoms with Gasteiger partial charge in [-0.05, 0) is 18.6 Å². The van der Waals surface area contributed by atoms with Crippen molar-refractivity contribution in [1.82, 2.24) is 0 Å². The summed E-state index contributed by atoms with van der Waals surface area (Å²) in [5.74, 6) is 0.0596. The molecule has 0 atom stereocenters. The van der Waals surface area contributed by atoms with Crippen molar-refractivity contribution < 1.29 is 4.92 Å². The van der Waals surface area contributed by atoms with Crippen LogP contribution in [0, 0.1) is 38.7 Å². The predicted molar refractivity (Wildman–Crippen MR) is 63.2 cm³/mol. The molecule has 0 aliphatic carbocycles. The quantitative estimate of drug-likeness (QED) is 0.453. The first-order chi connectivity index (χ1) is 8.17. The van der Waals surface area contributed by atoms with E-state index in [9.17, 15) is 10.1 Å². The van der Waals surface area contributed by atoms with Gasteiger partial charge in [0.15, 0.2) is 0 Å². The van der Waals surface area contributed by atoms with Crippen molar-refractivity contribution in [3.63, 3.8) is 0 Å². The zero-order valence-corrected chi connectivity index (χ0v) is 9.68. The molecule has 0 aliphatic rings. The van der Waals surface area contributed by atoms with Crippen molar-refractivity contribution in [3.05, 3.63) is 34.4 Å². The van der Waals surface area contributed by atoms with Crippen molar-refractivity contribution in [2.24, 2.45) is 5.92 Å². The summed E-state index contributed by atoms with van der Waals surface area (Å²) in [7, 11) is 0. The number of rotatable bonds is 5. The molecule has 0 heterocycles. The van der Waals surface area contributed by atoms with Gasteiger partial charge < -0.3 is 0 Å². The lowest BCUT2D eigenvalue weighted by Crippen LogP contribution is -1.94. The number of hydrogen-bond donors (Lipinski definition) is 0. The van der Waals surface area contributed by atoms with Crippen molar-refractivity contribution in [2.45, 2.75) is 11.3 Å². The summed E-state index contributed by atoms with van der Waals surface area (Å²) in [5, 5.41) is 27.5. The third kappa shape index (κ3) is 4.13. The zero-order valence-electron chi connectivity index (χ0n) is 8.87. The molecule has 0 aromatic heterocycles. The van der Waals surface area contributed by atoms with E-state index < -0.39 is 10.8 Å². The van der Waals surface area contributed by atoms with Crippen molar-refractivity contribution in [2.75, 3.05) is 5.75 Å². The lowest BCUT2D eigenvalue weighted by molar-refractivity contribution is -0.384. The van der Waals surface area contributed by atoms with Gasteiger partial charge in [0.25, 0.3) is 5.69 Å². The molecule has 1 aromatic rings. The molecule has 0 radical (unpaired) electrons. The minimum Gasteiger partial charge on any atom is -0.258 e. The number of non-ortho nitro benzene ring substituents is 1. The molecule has 17 heavy (non-hydrogen) atoms. The average Bonchev–Trinajstić information content (AvgIpc) is 2.35. The van der Waals surface area contributed by atoms with Crippen LogP contribution in [0.25, 0.3) is 0 Å². The molecule has 0 N–H and O–H groups in total. The Hall–Kier alpha value is -2.05. The number of thioether (sulfide) groups is 1. The molecule has 0 amide bonds. The van der Waals surface area contributed by atoms with Crippen LogP contribution >= 0.6 is 11.8 Å². The molecule has 1 rings (SSSR count). The van der Waals surface area contributed by atoms with E-state index in [1.54, 1.807) is 12.1 Å². The second-order valence-corrected chi connectivity index (χ2v) is 4.37. The Morgan fingerprint density at radius 2 is 1.88 bits per heavy atom. The summed E-state index contributed by atoms with van der Waals surface area (Å²) in [4.78, 5) is 10.9. The van der Waals surface area contributed by atoms with Crippen LogP contribution in [0.1, 0.15) is 6.42 Å². The summed E-state index contributed by atoms with van der Waals surface area (Å²) < 4.78 is 0. The van der Waals surface area contributed by atoms with Gasteiger partial charge in [0.2, 0.25) is 0 Å². The van der Waals surface area contributed by atoms with Crippen molar-refractivity contribution in [3.8, 4) is 12.1 Å². The second kappa shape index (κ2) is 6.51. The summed E-state index contributed by atoms with van der Waals surface area (Å²) >= 11 is 1.48. The molecule has 0 unspecified atom stereocenters. The normalized spacial score (nSPS) is 9.59. The van der Waals surface area contributed by atoms with Gasteiger partial charge in [-0.15, -0.1) is 11.8 Å². The maximum absolute atomic E-state index is 10.4. The van der Waals surface area contributed by atoms with E-state index >= 15 is 0 Å². The van der Waals surface area contributed by atoms with E-state index in [4.69, 9.17) is 10.5 Å². The van der Waals surface area contributed by atoms with Crippen LogP contribution in [0.3, 0.4) is 0 Å². The van der Waals surface area contributed by atoms with Gasteiger partial charge in [0.1, 0.15) is 5.92 Å². The van der Waals surface area contributed by atoms with E-state index in [1.807, 2.05) is 12.1 Å². The number of nitro benzene ring substituents is 1. The van der Waals surface area contributed by atoms with Crippen molar-refractivity contribution in [1.29, 1.82) is 10.5 Å². The molecule has 0 fully saturated rings. The maximum Gasteiger partial charge on any atom is 0.269 e. The Bertz CT molecular complexity index is 459. The summed E-state index contributed by atoms with van der Waals surface area (Å²) in [5.41, 5.74) is 0.0567. The highest BCUT2D eigenvalue weighted by molar-refractivity contribution is 7.99. The Morgan fingerprint density at radius 3 is 2.35 bits per heavy atom. The Kier molecular flexibility index (Phi) is 4.99. The summed E-state index contributed by atoms with van der Waals surface area (Å²) in [6, 6.07) is 10.0. The van der Waals surface area contributed by atoms with Crippen LogP contribution in [-0.4, -0.2) is 10.7 Å². The summed E-state index contributed by atoms with van der Waals surface area (Å²) in [6.45, 7) is 0. The number of benzene rings is 1. The van der Waals surface area contributed by atoms with Gasteiger partial charge >= 0.3 is 0 Å². The first-order valence-corrected chi connectivity index (χ1v) is 5.82. The number of nitriles is 2.